The van der Waals surface area contributed by atoms with Crippen LogP contribution in [0.25, 0.3) is 0 Å². The maximum absolute atomic E-state index is 14.5. The van der Waals surface area contributed by atoms with Crippen molar-refractivity contribution in [2.24, 2.45) is 0 Å². The van der Waals surface area contributed by atoms with Gasteiger partial charge in [-0.05, 0) is 105 Å². The lowest BCUT2D eigenvalue weighted by Gasteiger charge is -2.24. The zero-order chi connectivity index (χ0) is 30.6. The molecule has 0 atom stereocenters. The normalized spacial score (nSPS) is 12.0. The van der Waals surface area contributed by atoms with Crippen LogP contribution < -0.4 is 5.30 Å². The molecule has 0 spiro atoms. The van der Waals surface area contributed by atoms with Crippen molar-refractivity contribution >= 4 is 23.5 Å². The quantitative estimate of drug-likeness (QED) is 0.170. The number of aryl methyl sites for hydroxylation is 6. The first-order valence-electron chi connectivity index (χ1n) is 13.6. The van der Waals surface area contributed by atoms with Crippen LogP contribution in [-0.4, -0.2) is 22.3 Å². The largest absolute Gasteiger partial charge is 0.302 e. The number of carbonyl (C=O) groups excluding carboxylic acids is 2. The molecule has 0 saturated heterocycles. The molecule has 0 aliphatic rings. The van der Waals surface area contributed by atoms with E-state index in [1.807, 2.05) is 107 Å². The van der Waals surface area contributed by atoms with Crippen LogP contribution in [0.4, 0.5) is 0 Å². The summed E-state index contributed by atoms with van der Waals surface area (Å²) in [6.07, 6.45) is 0. The average Bonchev–Trinajstić information content (AvgIpc) is 2.81. The lowest BCUT2D eigenvalue weighted by atomic mass is 10.0. The lowest BCUT2D eigenvalue weighted by Crippen LogP contribution is -2.27. The second-order valence-corrected chi connectivity index (χ2v) is 15.0. The summed E-state index contributed by atoms with van der Waals surface area (Å²) in [5.41, 5.74) is 4.13. The van der Waals surface area contributed by atoms with Crippen molar-refractivity contribution in [3.05, 3.63) is 99.1 Å². The summed E-state index contributed by atoms with van der Waals surface area (Å²) in [7, 11) is -4.11. The van der Waals surface area contributed by atoms with Gasteiger partial charge in [-0.1, -0.05) is 65.7 Å². The Morgan fingerprint density at radius 3 is 1.15 bits per heavy atom. The summed E-state index contributed by atoms with van der Waals surface area (Å²) < 4.78 is 14.5. The molecule has 0 aliphatic heterocycles. The van der Waals surface area contributed by atoms with Crippen molar-refractivity contribution in [1.29, 1.82) is 0 Å². The molecule has 3 rings (SSSR count). The van der Waals surface area contributed by atoms with Crippen LogP contribution in [-0.2, 0) is 14.3 Å². The first-order valence-corrected chi connectivity index (χ1v) is 15.3. The number of benzene rings is 3. The van der Waals surface area contributed by atoms with Gasteiger partial charge in [0.1, 0.15) is 0 Å². The van der Waals surface area contributed by atoms with E-state index in [9.17, 15) is 14.2 Å². The Hall–Kier alpha value is -2.85. The predicted molar refractivity (Wildman–Crippen MR) is 165 cm³/mol. The first kappa shape index (κ1) is 33.4. The fourth-order valence-corrected chi connectivity index (χ4v) is 7.14. The van der Waals surface area contributed by atoms with Crippen LogP contribution in [0.5, 0.6) is 0 Å². The minimum atomic E-state index is -4.11. The molecule has 0 radical (unpaired) electrons. The Kier molecular flexibility index (Phi) is 10.6. The van der Waals surface area contributed by atoms with E-state index in [0.717, 1.165) is 33.4 Å². The summed E-state index contributed by atoms with van der Waals surface area (Å²) >= 11 is 0. The molecule has 6 heteroatoms. The third-order valence-electron chi connectivity index (χ3n) is 6.02. The number of rotatable bonds is 6. The fourth-order valence-electron chi connectivity index (χ4n) is 4.56. The Labute approximate surface area is 240 Å². The molecule has 216 valence electrons. The summed E-state index contributed by atoms with van der Waals surface area (Å²) in [5.74, 6) is 0. The highest BCUT2D eigenvalue weighted by atomic mass is 31.2. The summed E-state index contributed by atoms with van der Waals surface area (Å²) in [4.78, 5) is 37.9. The third kappa shape index (κ3) is 8.33. The van der Waals surface area contributed by atoms with E-state index < -0.39 is 18.2 Å². The van der Waals surface area contributed by atoms with E-state index in [1.165, 1.54) is 0 Å². The van der Waals surface area contributed by atoms with Crippen molar-refractivity contribution < 1.29 is 23.9 Å². The van der Waals surface area contributed by atoms with Crippen LogP contribution in [0.2, 0.25) is 0 Å². The topological polar surface area (TPSA) is 69.7 Å². The van der Waals surface area contributed by atoms with Gasteiger partial charge in [-0.3, -0.25) is 9.59 Å². The van der Waals surface area contributed by atoms with Crippen molar-refractivity contribution in [1.82, 2.24) is 0 Å². The minimum absolute atomic E-state index is 0.215. The van der Waals surface area contributed by atoms with Gasteiger partial charge in [-0.2, -0.15) is 0 Å². The maximum atomic E-state index is 14.5. The molecule has 0 saturated carbocycles. The molecule has 0 amide bonds. The average molecular weight is 565 g/mol. The predicted octanol–water partition coefficient (Wildman–Crippen LogP) is 8.74. The molecular weight excluding hydrogens is 519 g/mol. The van der Waals surface area contributed by atoms with Gasteiger partial charge in [0.25, 0.3) is 0 Å². The molecular formula is C34H45O5P. The molecule has 0 aromatic heterocycles. The van der Waals surface area contributed by atoms with E-state index in [1.54, 1.807) is 30.3 Å². The van der Waals surface area contributed by atoms with E-state index in [2.05, 4.69) is 0 Å². The fraction of sp³-hybridized carbons (Fsp3) is 0.412. The summed E-state index contributed by atoms with van der Waals surface area (Å²) in [6.45, 7) is 23.0. The van der Waals surface area contributed by atoms with Crippen molar-refractivity contribution in [2.45, 2.75) is 94.3 Å². The van der Waals surface area contributed by atoms with Gasteiger partial charge >= 0.3 is 0 Å². The lowest BCUT2D eigenvalue weighted by molar-refractivity contribution is -0.393. The Balaban J connectivity index is 0.000000478. The smallest absolute Gasteiger partial charge is 0.248 e. The van der Waals surface area contributed by atoms with Gasteiger partial charge in [-0.25, -0.2) is 9.78 Å². The van der Waals surface area contributed by atoms with Crippen LogP contribution in [0.15, 0.2) is 54.6 Å². The molecule has 0 unspecified atom stereocenters. The second kappa shape index (κ2) is 12.8. The van der Waals surface area contributed by atoms with Crippen molar-refractivity contribution in [3.63, 3.8) is 0 Å². The van der Waals surface area contributed by atoms with E-state index in [-0.39, 0.29) is 16.5 Å². The number of hydrogen-bond acceptors (Lipinski definition) is 5. The second-order valence-electron chi connectivity index (χ2n) is 12.5. The van der Waals surface area contributed by atoms with Gasteiger partial charge in [0.2, 0.25) is 18.2 Å². The van der Waals surface area contributed by atoms with Crippen LogP contribution in [0, 0.1) is 41.5 Å². The van der Waals surface area contributed by atoms with E-state index >= 15 is 0 Å². The van der Waals surface area contributed by atoms with Gasteiger partial charge in [0, 0.05) is 16.4 Å². The standard InChI is InChI=1S/C26H27O3P.C8H18O2/c1-16-12-18(3)23(19(4)13-16)25(27)30(29,22-10-8-7-9-11-22)26(28)24-20(5)14-17(2)15-21(24)6;1-7(2,3)9-10-8(4,5)6/h7-15H,1-6H3;1-6H3. The number of carbonyl (C=O) groups is 2. The molecule has 0 aliphatic carbocycles. The highest BCUT2D eigenvalue weighted by Gasteiger charge is 2.44. The van der Waals surface area contributed by atoms with Gasteiger partial charge in [0.15, 0.2) is 0 Å². The zero-order valence-electron chi connectivity index (χ0n) is 26.2. The van der Waals surface area contributed by atoms with Crippen molar-refractivity contribution in [3.8, 4) is 0 Å². The summed E-state index contributed by atoms with van der Waals surface area (Å²) in [5, 5.41) is 0.277. The molecule has 0 N–H and O–H groups in total. The summed E-state index contributed by atoms with van der Waals surface area (Å²) in [6, 6.07) is 16.0. The highest BCUT2D eigenvalue weighted by Crippen LogP contribution is 2.52. The van der Waals surface area contributed by atoms with E-state index in [4.69, 9.17) is 9.78 Å². The first-order chi connectivity index (χ1) is 18.3. The van der Waals surface area contributed by atoms with Crippen LogP contribution in [0.1, 0.15) is 95.6 Å². The maximum Gasteiger partial charge on any atom is 0.248 e. The van der Waals surface area contributed by atoms with Gasteiger partial charge in [0.05, 0.1) is 11.2 Å². The highest BCUT2D eigenvalue weighted by molar-refractivity contribution is 8.01. The monoisotopic (exact) mass is 564 g/mol. The minimum Gasteiger partial charge on any atom is -0.302 e. The zero-order valence-corrected chi connectivity index (χ0v) is 27.1. The third-order valence-corrected chi connectivity index (χ3v) is 8.63. The van der Waals surface area contributed by atoms with Crippen LogP contribution >= 0.6 is 7.14 Å². The van der Waals surface area contributed by atoms with Gasteiger partial charge < -0.3 is 4.57 Å². The molecule has 3 aromatic carbocycles. The molecule has 0 heterocycles. The number of hydrogen-bond donors (Lipinski definition) is 0. The van der Waals surface area contributed by atoms with Crippen molar-refractivity contribution in [2.75, 3.05) is 0 Å². The van der Waals surface area contributed by atoms with Gasteiger partial charge in [-0.15, -0.1) is 0 Å². The van der Waals surface area contributed by atoms with E-state index in [0.29, 0.717) is 11.1 Å². The van der Waals surface area contributed by atoms with Crippen LogP contribution in [0.3, 0.4) is 0 Å². The molecule has 40 heavy (non-hydrogen) atoms. The molecule has 5 nitrogen and oxygen atoms in total. The Bertz CT molecular complexity index is 1290. The molecule has 0 fully saturated rings. The SMILES string of the molecule is CC(C)(C)OOC(C)(C)C.Cc1cc(C)c(C(=O)P(=O)(C(=O)c2c(C)cc(C)cc2C)c2ccccc2)c(C)c1. The molecule has 0 bridgehead atoms. The Morgan fingerprint density at radius 2 is 0.875 bits per heavy atom. The molecule has 3 aromatic rings. The Morgan fingerprint density at radius 1 is 0.575 bits per heavy atom.